The van der Waals surface area contributed by atoms with Crippen LogP contribution in [-0.4, -0.2) is 11.5 Å². The minimum absolute atomic E-state index is 0.919. The van der Waals surface area contributed by atoms with Crippen LogP contribution in [0.15, 0.2) is 28.1 Å². The van der Waals surface area contributed by atoms with E-state index in [0.29, 0.717) is 0 Å². The smallest absolute Gasteiger partial charge is 0.0945 e. The van der Waals surface area contributed by atoms with Crippen molar-refractivity contribution in [1.29, 1.82) is 0 Å². The Kier molecular flexibility index (Phi) is 4.18. The summed E-state index contributed by atoms with van der Waals surface area (Å²) in [6.45, 7) is 5.04. The van der Waals surface area contributed by atoms with Crippen LogP contribution in [0.5, 0.6) is 0 Å². The van der Waals surface area contributed by atoms with Gasteiger partial charge in [-0.25, -0.2) is 4.98 Å². The van der Waals surface area contributed by atoms with Crippen LogP contribution in [0.1, 0.15) is 16.3 Å². The molecule has 0 radical (unpaired) electrons. The molecule has 17 heavy (non-hydrogen) atoms. The zero-order valence-electron chi connectivity index (χ0n) is 9.96. The maximum absolute atomic E-state index is 4.44. The maximum Gasteiger partial charge on any atom is 0.0945 e. The fourth-order valence-corrected chi connectivity index (χ4v) is 2.69. The fraction of sp³-hybridized carbons (Fsp3) is 0.308. The minimum Gasteiger partial charge on any atom is -0.385 e. The Morgan fingerprint density at radius 1 is 1.35 bits per heavy atom. The van der Waals surface area contributed by atoms with Gasteiger partial charge in [0.2, 0.25) is 0 Å². The van der Waals surface area contributed by atoms with Gasteiger partial charge in [-0.2, -0.15) is 0 Å². The summed E-state index contributed by atoms with van der Waals surface area (Å²) in [4.78, 5) is 4.44. The van der Waals surface area contributed by atoms with Gasteiger partial charge >= 0.3 is 0 Å². The lowest BCUT2D eigenvalue weighted by atomic mass is 10.2. The van der Waals surface area contributed by atoms with Crippen molar-refractivity contribution in [2.24, 2.45) is 0 Å². The molecule has 0 saturated heterocycles. The Morgan fingerprint density at radius 3 is 2.82 bits per heavy atom. The molecule has 0 atom stereocenters. The molecule has 4 heteroatoms. The van der Waals surface area contributed by atoms with Gasteiger partial charge in [-0.1, -0.05) is 22.0 Å². The van der Waals surface area contributed by atoms with Crippen molar-refractivity contribution in [3.05, 3.63) is 44.3 Å². The van der Waals surface area contributed by atoms with Crippen LogP contribution in [0.2, 0.25) is 0 Å². The molecule has 0 spiro atoms. The highest BCUT2D eigenvalue weighted by Gasteiger charge is 2.00. The molecule has 1 aromatic carbocycles. The molecule has 1 heterocycles. The van der Waals surface area contributed by atoms with Gasteiger partial charge in [0.05, 0.1) is 5.01 Å². The third kappa shape index (κ3) is 3.54. The predicted molar refractivity (Wildman–Crippen MR) is 77.9 cm³/mol. The highest BCUT2D eigenvalue weighted by atomic mass is 79.9. The van der Waals surface area contributed by atoms with Crippen molar-refractivity contribution in [2.75, 3.05) is 11.9 Å². The molecule has 0 aliphatic carbocycles. The van der Waals surface area contributed by atoms with Crippen LogP contribution in [0, 0.1) is 13.8 Å². The Bertz CT molecular complexity index is 508. The normalized spacial score (nSPS) is 10.5. The lowest BCUT2D eigenvalue weighted by Gasteiger charge is -2.06. The van der Waals surface area contributed by atoms with Gasteiger partial charge < -0.3 is 5.32 Å². The summed E-state index contributed by atoms with van der Waals surface area (Å²) in [5, 5.41) is 6.70. The molecular formula is C13H15BrN2S. The van der Waals surface area contributed by atoms with E-state index >= 15 is 0 Å². The molecule has 2 nitrogen and oxygen atoms in total. The quantitative estimate of drug-likeness (QED) is 0.916. The van der Waals surface area contributed by atoms with Crippen molar-refractivity contribution >= 4 is 33.0 Å². The zero-order chi connectivity index (χ0) is 12.3. The van der Waals surface area contributed by atoms with E-state index in [1.165, 1.54) is 10.6 Å². The molecule has 0 fully saturated rings. The van der Waals surface area contributed by atoms with E-state index in [4.69, 9.17) is 0 Å². The van der Waals surface area contributed by atoms with E-state index in [9.17, 15) is 0 Å². The average molecular weight is 311 g/mol. The van der Waals surface area contributed by atoms with Gasteiger partial charge in [-0.3, -0.25) is 0 Å². The maximum atomic E-state index is 4.44. The van der Waals surface area contributed by atoms with E-state index in [1.54, 1.807) is 11.3 Å². The van der Waals surface area contributed by atoms with Crippen molar-refractivity contribution in [1.82, 2.24) is 4.98 Å². The standard InChI is InChI=1S/C13H15BrN2S/c1-9-3-4-11(7-12(9)14)15-6-5-13-16-10(2)8-17-13/h3-4,7-8,15H,5-6H2,1-2H3. The fourth-order valence-electron chi connectivity index (χ4n) is 1.53. The molecule has 1 N–H and O–H groups in total. The third-order valence-electron chi connectivity index (χ3n) is 2.51. The predicted octanol–water partition coefficient (Wildman–Crippen LogP) is 4.18. The largest absolute Gasteiger partial charge is 0.385 e. The van der Waals surface area contributed by atoms with E-state index in [1.807, 2.05) is 6.92 Å². The number of halogens is 1. The monoisotopic (exact) mass is 310 g/mol. The summed E-state index contributed by atoms with van der Waals surface area (Å²) in [6.07, 6.45) is 0.976. The molecule has 0 amide bonds. The molecule has 0 aliphatic rings. The Morgan fingerprint density at radius 2 is 2.18 bits per heavy atom. The lowest BCUT2D eigenvalue weighted by Crippen LogP contribution is -2.04. The summed E-state index contributed by atoms with van der Waals surface area (Å²) in [7, 11) is 0. The number of nitrogens with one attached hydrogen (secondary N) is 1. The van der Waals surface area contributed by atoms with E-state index in [2.05, 4.69) is 56.7 Å². The molecule has 2 rings (SSSR count). The van der Waals surface area contributed by atoms with Gasteiger partial charge in [0.1, 0.15) is 0 Å². The second-order valence-electron chi connectivity index (χ2n) is 4.02. The topological polar surface area (TPSA) is 24.9 Å². The second kappa shape index (κ2) is 5.65. The van der Waals surface area contributed by atoms with Gasteiger partial charge in [0.15, 0.2) is 0 Å². The molecule has 1 aromatic heterocycles. The van der Waals surface area contributed by atoms with Gasteiger partial charge in [-0.05, 0) is 31.5 Å². The first-order chi connectivity index (χ1) is 8.15. The molecule has 90 valence electrons. The van der Waals surface area contributed by atoms with Crippen LogP contribution < -0.4 is 5.32 Å². The number of hydrogen-bond donors (Lipinski definition) is 1. The zero-order valence-corrected chi connectivity index (χ0v) is 12.4. The summed E-state index contributed by atoms with van der Waals surface area (Å²) in [6, 6.07) is 6.33. The summed E-state index contributed by atoms with van der Waals surface area (Å²) >= 11 is 5.27. The highest BCUT2D eigenvalue weighted by Crippen LogP contribution is 2.20. The van der Waals surface area contributed by atoms with Crippen molar-refractivity contribution in [3.63, 3.8) is 0 Å². The summed E-state index contributed by atoms with van der Waals surface area (Å²) < 4.78 is 1.15. The van der Waals surface area contributed by atoms with Gasteiger partial charge in [-0.15, -0.1) is 11.3 Å². The van der Waals surface area contributed by atoms with Gasteiger partial charge in [0.25, 0.3) is 0 Å². The summed E-state index contributed by atoms with van der Waals surface area (Å²) in [5.41, 5.74) is 3.52. The number of thiazole rings is 1. The molecule has 0 saturated carbocycles. The Labute approximate surface area is 114 Å². The molecule has 0 aliphatic heterocycles. The van der Waals surface area contributed by atoms with Crippen molar-refractivity contribution in [2.45, 2.75) is 20.3 Å². The highest BCUT2D eigenvalue weighted by molar-refractivity contribution is 9.10. The third-order valence-corrected chi connectivity index (χ3v) is 4.39. The van der Waals surface area contributed by atoms with Crippen LogP contribution in [-0.2, 0) is 6.42 Å². The average Bonchev–Trinajstić information content (AvgIpc) is 2.70. The van der Waals surface area contributed by atoms with Crippen molar-refractivity contribution in [3.8, 4) is 0 Å². The number of aryl methyl sites for hydroxylation is 2. The number of nitrogens with zero attached hydrogens (tertiary/aromatic N) is 1. The van der Waals surface area contributed by atoms with Crippen LogP contribution in [0.4, 0.5) is 5.69 Å². The van der Waals surface area contributed by atoms with E-state index < -0.39 is 0 Å². The first kappa shape index (κ1) is 12.6. The number of hydrogen-bond acceptors (Lipinski definition) is 3. The van der Waals surface area contributed by atoms with Crippen LogP contribution in [0.25, 0.3) is 0 Å². The second-order valence-corrected chi connectivity index (χ2v) is 5.82. The van der Waals surface area contributed by atoms with Gasteiger partial charge in [0, 0.05) is 34.2 Å². The molecule has 0 unspecified atom stereocenters. The molecule has 0 bridgehead atoms. The number of anilines is 1. The number of aromatic nitrogens is 1. The van der Waals surface area contributed by atoms with Crippen LogP contribution in [0.3, 0.4) is 0 Å². The summed E-state index contributed by atoms with van der Waals surface area (Å²) in [5.74, 6) is 0. The van der Waals surface area contributed by atoms with E-state index in [0.717, 1.165) is 28.8 Å². The Hall–Kier alpha value is -0.870. The Balaban J connectivity index is 1.87. The molecular weight excluding hydrogens is 296 g/mol. The number of benzene rings is 1. The first-order valence-corrected chi connectivity index (χ1v) is 7.23. The van der Waals surface area contributed by atoms with Crippen LogP contribution >= 0.6 is 27.3 Å². The number of rotatable bonds is 4. The lowest BCUT2D eigenvalue weighted by molar-refractivity contribution is 0.986. The van der Waals surface area contributed by atoms with Crippen molar-refractivity contribution < 1.29 is 0 Å². The first-order valence-electron chi connectivity index (χ1n) is 5.56. The minimum atomic E-state index is 0.919. The van der Waals surface area contributed by atoms with E-state index in [-0.39, 0.29) is 0 Å². The molecule has 2 aromatic rings. The SMILES string of the molecule is Cc1csc(CCNc2ccc(C)c(Br)c2)n1.